The van der Waals surface area contributed by atoms with Crippen LogP contribution in [0, 0.1) is 0 Å². The van der Waals surface area contributed by atoms with Gasteiger partial charge in [-0.05, 0) is 23.3 Å². The van der Waals surface area contributed by atoms with Crippen molar-refractivity contribution < 1.29 is 24.2 Å². The third-order valence-corrected chi connectivity index (χ3v) is 5.63. The zero-order chi connectivity index (χ0) is 26.0. The molecular formula is C28H26N4O5. The van der Waals surface area contributed by atoms with E-state index in [2.05, 4.69) is 20.6 Å². The SMILES string of the molecule is O=C(N[C@@H](Cc1ccccc1)C(=O)N[C@@H](Cc1cnc2ccccc2n1)C(=O)O)OCc1ccccc1. The number of amides is 2. The highest BCUT2D eigenvalue weighted by molar-refractivity contribution is 5.89. The maximum Gasteiger partial charge on any atom is 0.408 e. The second-order valence-electron chi connectivity index (χ2n) is 8.40. The molecular weight excluding hydrogens is 472 g/mol. The molecule has 0 spiro atoms. The van der Waals surface area contributed by atoms with E-state index in [9.17, 15) is 19.5 Å². The number of carbonyl (C=O) groups excluding carboxylic acids is 2. The summed E-state index contributed by atoms with van der Waals surface area (Å²) in [6.45, 7) is 0.0325. The number of para-hydroxylation sites is 2. The van der Waals surface area contributed by atoms with Crippen molar-refractivity contribution >= 4 is 29.0 Å². The van der Waals surface area contributed by atoms with Crippen molar-refractivity contribution in [2.24, 2.45) is 0 Å². The van der Waals surface area contributed by atoms with Crippen LogP contribution in [0.1, 0.15) is 16.8 Å². The lowest BCUT2D eigenvalue weighted by Gasteiger charge is -2.21. The Morgan fingerprint density at radius 1 is 0.757 bits per heavy atom. The second kappa shape index (κ2) is 12.3. The first-order valence-corrected chi connectivity index (χ1v) is 11.7. The van der Waals surface area contributed by atoms with Crippen LogP contribution < -0.4 is 10.6 Å². The van der Waals surface area contributed by atoms with Crippen LogP contribution in [-0.2, 0) is 33.8 Å². The lowest BCUT2D eigenvalue weighted by molar-refractivity contribution is -0.142. The summed E-state index contributed by atoms with van der Waals surface area (Å²) in [7, 11) is 0. The number of aromatic nitrogens is 2. The molecule has 0 unspecified atom stereocenters. The van der Waals surface area contributed by atoms with E-state index in [4.69, 9.17) is 4.74 Å². The number of carboxylic acid groups (broad SMARTS) is 1. The maximum atomic E-state index is 13.2. The van der Waals surface area contributed by atoms with Crippen molar-refractivity contribution in [3.05, 3.63) is 108 Å². The Morgan fingerprint density at radius 2 is 1.38 bits per heavy atom. The average molecular weight is 499 g/mol. The Kier molecular flexibility index (Phi) is 8.38. The molecule has 37 heavy (non-hydrogen) atoms. The van der Waals surface area contributed by atoms with Crippen LogP contribution in [0.5, 0.6) is 0 Å². The van der Waals surface area contributed by atoms with Crippen LogP contribution in [-0.4, -0.2) is 45.1 Å². The van der Waals surface area contributed by atoms with E-state index in [0.717, 1.165) is 11.1 Å². The van der Waals surface area contributed by atoms with Gasteiger partial charge in [0, 0.05) is 19.0 Å². The first-order valence-electron chi connectivity index (χ1n) is 11.7. The van der Waals surface area contributed by atoms with Gasteiger partial charge in [-0.3, -0.25) is 9.78 Å². The number of hydrogen-bond donors (Lipinski definition) is 3. The van der Waals surface area contributed by atoms with E-state index in [1.54, 1.807) is 12.1 Å². The van der Waals surface area contributed by atoms with Crippen molar-refractivity contribution in [3.8, 4) is 0 Å². The Balaban J connectivity index is 1.45. The van der Waals surface area contributed by atoms with E-state index in [-0.39, 0.29) is 19.4 Å². The molecule has 3 N–H and O–H groups in total. The fourth-order valence-electron chi connectivity index (χ4n) is 3.74. The lowest BCUT2D eigenvalue weighted by atomic mass is 10.0. The fraction of sp³-hybridized carbons (Fsp3) is 0.179. The third-order valence-electron chi connectivity index (χ3n) is 5.63. The van der Waals surface area contributed by atoms with Crippen LogP contribution in [0.4, 0.5) is 4.79 Å². The molecule has 0 saturated carbocycles. The van der Waals surface area contributed by atoms with Gasteiger partial charge in [-0.1, -0.05) is 72.8 Å². The minimum absolute atomic E-state index is 0.0325. The van der Waals surface area contributed by atoms with E-state index in [1.807, 2.05) is 72.8 Å². The van der Waals surface area contributed by atoms with Gasteiger partial charge in [0.1, 0.15) is 18.7 Å². The van der Waals surface area contributed by atoms with Crippen molar-refractivity contribution in [2.75, 3.05) is 0 Å². The zero-order valence-electron chi connectivity index (χ0n) is 19.9. The number of fused-ring (bicyclic) bond motifs is 1. The van der Waals surface area contributed by atoms with E-state index >= 15 is 0 Å². The number of nitrogens with zero attached hydrogens (tertiary/aromatic N) is 2. The van der Waals surface area contributed by atoms with E-state index in [1.165, 1.54) is 6.20 Å². The molecule has 1 aromatic heterocycles. The Labute approximate surface area is 213 Å². The number of alkyl carbamates (subject to hydrolysis) is 1. The predicted molar refractivity (Wildman–Crippen MR) is 137 cm³/mol. The van der Waals surface area contributed by atoms with Gasteiger partial charge in [-0.25, -0.2) is 14.6 Å². The fourth-order valence-corrected chi connectivity index (χ4v) is 3.74. The zero-order valence-corrected chi connectivity index (χ0v) is 19.9. The van der Waals surface area contributed by atoms with Gasteiger partial charge in [0.15, 0.2) is 0 Å². The van der Waals surface area contributed by atoms with Gasteiger partial charge in [0.05, 0.1) is 16.7 Å². The predicted octanol–water partition coefficient (Wildman–Crippen LogP) is 3.28. The van der Waals surface area contributed by atoms with Gasteiger partial charge in [-0.2, -0.15) is 0 Å². The number of nitrogens with one attached hydrogen (secondary N) is 2. The molecule has 0 bridgehead atoms. The molecule has 0 fully saturated rings. The third kappa shape index (κ3) is 7.35. The van der Waals surface area contributed by atoms with Crippen molar-refractivity contribution in [1.29, 1.82) is 0 Å². The molecule has 9 heteroatoms. The number of benzene rings is 3. The molecule has 0 aliphatic carbocycles. The molecule has 9 nitrogen and oxygen atoms in total. The summed E-state index contributed by atoms with van der Waals surface area (Å²) >= 11 is 0. The molecule has 188 valence electrons. The Bertz CT molecular complexity index is 1360. The summed E-state index contributed by atoms with van der Waals surface area (Å²) in [4.78, 5) is 46.5. The topological polar surface area (TPSA) is 131 Å². The summed E-state index contributed by atoms with van der Waals surface area (Å²) in [5, 5.41) is 14.9. The molecule has 4 aromatic rings. The first-order chi connectivity index (χ1) is 18.0. The summed E-state index contributed by atoms with van der Waals surface area (Å²) in [6, 6.07) is 23.1. The largest absolute Gasteiger partial charge is 0.480 e. The molecule has 1 heterocycles. The highest BCUT2D eigenvalue weighted by atomic mass is 16.5. The van der Waals surface area contributed by atoms with Gasteiger partial charge >= 0.3 is 12.1 Å². The van der Waals surface area contributed by atoms with Crippen LogP contribution in [0.2, 0.25) is 0 Å². The van der Waals surface area contributed by atoms with Gasteiger partial charge < -0.3 is 20.5 Å². The van der Waals surface area contributed by atoms with Crippen LogP contribution in [0.25, 0.3) is 11.0 Å². The highest BCUT2D eigenvalue weighted by Gasteiger charge is 2.28. The van der Waals surface area contributed by atoms with Gasteiger partial charge in [0.25, 0.3) is 0 Å². The van der Waals surface area contributed by atoms with Crippen LogP contribution in [0.15, 0.2) is 91.1 Å². The van der Waals surface area contributed by atoms with Crippen LogP contribution in [0.3, 0.4) is 0 Å². The molecule has 4 rings (SSSR count). The molecule has 0 radical (unpaired) electrons. The minimum Gasteiger partial charge on any atom is -0.480 e. The monoisotopic (exact) mass is 498 g/mol. The number of carboxylic acids is 1. The molecule has 3 aromatic carbocycles. The quantitative estimate of drug-likeness (QED) is 0.306. The summed E-state index contributed by atoms with van der Waals surface area (Å²) in [5.74, 6) is -1.88. The first kappa shape index (κ1) is 25.3. The van der Waals surface area contributed by atoms with E-state index in [0.29, 0.717) is 16.7 Å². The Morgan fingerprint density at radius 3 is 2.05 bits per heavy atom. The molecule has 2 amide bonds. The summed E-state index contributed by atoms with van der Waals surface area (Å²) in [5.41, 5.74) is 3.31. The number of hydrogen-bond acceptors (Lipinski definition) is 6. The Hall–Kier alpha value is -4.79. The molecule has 0 saturated heterocycles. The van der Waals surface area contributed by atoms with Crippen molar-refractivity contribution in [1.82, 2.24) is 20.6 Å². The average Bonchev–Trinajstić information content (AvgIpc) is 2.92. The molecule has 2 atom stereocenters. The normalized spacial score (nSPS) is 12.3. The highest BCUT2D eigenvalue weighted by Crippen LogP contribution is 2.11. The summed E-state index contributed by atoms with van der Waals surface area (Å²) < 4.78 is 5.27. The number of ether oxygens (including phenoxy) is 1. The second-order valence-corrected chi connectivity index (χ2v) is 8.40. The number of aliphatic carboxylic acids is 1. The summed E-state index contributed by atoms with van der Waals surface area (Å²) in [6.07, 6.45) is 0.780. The smallest absolute Gasteiger partial charge is 0.408 e. The van der Waals surface area contributed by atoms with Gasteiger partial charge in [0.2, 0.25) is 5.91 Å². The lowest BCUT2D eigenvalue weighted by Crippen LogP contribution is -2.53. The van der Waals surface area contributed by atoms with Crippen LogP contribution >= 0.6 is 0 Å². The van der Waals surface area contributed by atoms with Crippen molar-refractivity contribution in [3.63, 3.8) is 0 Å². The number of carbonyl (C=O) groups is 3. The molecule has 0 aliphatic heterocycles. The number of rotatable bonds is 10. The minimum atomic E-state index is -1.27. The van der Waals surface area contributed by atoms with Gasteiger partial charge in [-0.15, -0.1) is 0 Å². The standard InChI is InChI=1S/C28H26N4O5/c33-26(31-25(27(34)35)16-21-17-29-22-13-7-8-14-23(22)30-21)24(15-19-9-3-1-4-10-19)32-28(36)37-18-20-11-5-2-6-12-20/h1-14,17,24-25H,15-16,18H2,(H,31,33)(H,32,36)(H,34,35)/t24-,25-/m0/s1. The molecule has 0 aliphatic rings. The van der Waals surface area contributed by atoms with E-state index < -0.39 is 30.1 Å². The maximum absolute atomic E-state index is 13.2. The van der Waals surface area contributed by atoms with Crippen molar-refractivity contribution in [2.45, 2.75) is 31.5 Å².